The summed E-state index contributed by atoms with van der Waals surface area (Å²) in [5.74, 6) is 0.563. The van der Waals surface area contributed by atoms with Crippen molar-refractivity contribution in [2.75, 3.05) is 19.0 Å². The largest absolute Gasteiger partial charge is 0.493 e. The highest BCUT2D eigenvalue weighted by Gasteiger charge is 2.09. The van der Waals surface area contributed by atoms with Crippen LogP contribution in [0.1, 0.15) is 0 Å². The van der Waals surface area contributed by atoms with Crippen molar-refractivity contribution in [1.82, 2.24) is 0 Å². The number of benzene rings is 1. The number of ether oxygens (including phenoxy) is 2. The number of thiocarbonyl (C=S) groups is 1. The summed E-state index contributed by atoms with van der Waals surface area (Å²) in [6.45, 7) is -0.702. The molecule has 0 atom stereocenters. The van der Waals surface area contributed by atoms with Gasteiger partial charge in [0.05, 0.1) is 7.11 Å². The van der Waals surface area contributed by atoms with E-state index in [0.29, 0.717) is 11.4 Å². The van der Waals surface area contributed by atoms with Gasteiger partial charge in [-0.3, -0.25) is 0 Å². The molecular weight excluding hydrogens is 250 g/mol. The van der Waals surface area contributed by atoms with Crippen molar-refractivity contribution >= 4 is 23.0 Å². The summed E-state index contributed by atoms with van der Waals surface area (Å²) >= 11 is 4.66. The zero-order chi connectivity index (χ0) is 12.8. The van der Waals surface area contributed by atoms with Crippen molar-refractivity contribution in [1.29, 1.82) is 0 Å². The molecule has 1 aromatic carbocycles. The molecule has 7 heteroatoms. The fourth-order valence-electron chi connectivity index (χ4n) is 1.16. The highest BCUT2D eigenvalue weighted by Crippen LogP contribution is 2.30. The molecule has 0 aliphatic carbocycles. The van der Waals surface area contributed by atoms with Crippen LogP contribution >= 0.6 is 12.2 Å². The molecule has 4 nitrogen and oxygen atoms in total. The second-order valence-electron chi connectivity index (χ2n) is 3.06. The van der Waals surface area contributed by atoms with Crippen molar-refractivity contribution in [3.8, 4) is 11.5 Å². The number of anilines is 1. The Bertz CT molecular complexity index is 402. The summed E-state index contributed by atoms with van der Waals surface area (Å²) in [6.07, 6.45) is -2.55. The Balaban J connectivity index is 2.85. The monoisotopic (exact) mass is 262 g/mol. The topological polar surface area (TPSA) is 56.5 Å². The number of halogens is 2. The lowest BCUT2D eigenvalue weighted by atomic mass is 10.3. The van der Waals surface area contributed by atoms with Gasteiger partial charge < -0.3 is 20.5 Å². The average Bonchev–Trinajstić information content (AvgIpc) is 2.25. The summed E-state index contributed by atoms with van der Waals surface area (Å²) in [6, 6.07) is 4.70. The summed E-state index contributed by atoms with van der Waals surface area (Å²) in [5.41, 5.74) is 5.84. The minimum absolute atomic E-state index is 0.0787. The van der Waals surface area contributed by atoms with E-state index >= 15 is 0 Å². The maximum Gasteiger partial charge on any atom is 0.272 e. The number of nitrogens with two attached hydrogens (primary N) is 1. The Kier molecular flexibility index (Phi) is 4.89. The minimum Gasteiger partial charge on any atom is -0.493 e. The summed E-state index contributed by atoms with van der Waals surface area (Å²) < 4.78 is 34.0. The second kappa shape index (κ2) is 6.19. The number of nitrogens with one attached hydrogen (secondary N) is 1. The predicted octanol–water partition coefficient (Wildman–Crippen LogP) is 1.99. The summed E-state index contributed by atoms with van der Waals surface area (Å²) in [4.78, 5) is 0. The van der Waals surface area contributed by atoms with E-state index in [4.69, 9.17) is 15.2 Å². The van der Waals surface area contributed by atoms with Crippen LogP contribution in [0.15, 0.2) is 18.2 Å². The van der Waals surface area contributed by atoms with Gasteiger partial charge in [-0.05, 0) is 24.4 Å². The second-order valence-corrected chi connectivity index (χ2v) is 3.50. The fourth-order valence-corrected chi connectivity index (χ4v) is 1.28. The molecule has 0 fully saturated rings. The highest BCUT2D eigenvalue weighted by atomic mass is 32.1. The van der Waals surface area contributed by atoms with Crippen LogP contribution in [-0.4, -0.2) is 25.3 Å². The third-order valence-electron chi connectivity index (χ3n) is 1.80. The lowest BCUT2D eigenvalue weighted by molar-refractivity contribution is 0.0805. The van der Waals surface area contributed by atoms with Crippen LogP contribution < -0.4 is 20.5 Å². The lowest BCUT2D eigenvalue weighted by Crippen LogP contribution is -2.19. The Hall–Kier alpha value is -1.63. The SMILES string of the molecule is COc1ccc(NC(N)=S)cc1OCC(F)F. The van der Waals surface area contributed by atoms with Crippen molar-refractivity contribution in [2.45, 2.75) is 6.43 Å². The molecule has 3 N–H and O–H groups in total. The van der Waals surface area contributed by atoms with Crippen LogP contribution in [0.2, 0.25) is 0 Å². The molecule has 94 valence electrons. The zero-order valence-corrected chi connectivity index (χ0v) is 9.89. The molecule has 0 amide bonds. The Morgan fingerprint density at radius 1 is 1.47 bits per heavy atom. The molecule has 1 aromatic rings. The molecule has 0 spiro atoms. The average molecular weight is 262 g/mol. The molecule has 1 rings (SSSR count). The van der Waals surface area contributed by atoms with Crippen LogP contribution in [0.4, 0.5) is 14.5 Å². The first kappa shape index (κ1) is 13.4. The fraction of sp³-hybridized carbons (Fsp3) is 0.300. The van der Waals surface area contributed by atoms with Gasteiger partial charge in [-0.15, -0.1) is 0 Å². The standard InChI is InChI=1S/C10H12F2N2O2S/c1-15-7-3-2-6(14-10(13)17)4-8(7)16-5-9(11)12/h2-4,9H,5H2,1H3,(H3,13,14,17). The smallest absolute Gasteiger partial charge is 0.272 e. The van der Waals surface area contributed by atoms with E-state index in [1.165, 1.54) is 13.2 Å². The number of rotatable bonds is 5. The zero-order valence-electron chi connectivity index (χ0n) is 9.07. The van der Waals surface area contributed by atoms with E-state index in [0.717, 1.165) is 0 Å². The molecule has 0 unspecified atom stereocenters. The van der Waals surface area contributed by atoms with Gasteiger partial charge in [-0.25, -0.2) is 8.78 Å². The van der Waals surface area contributed by atoms with Crippen LogP contribution in [0.5, 0.6) is 11.5 Å². The first-order chi connectivity index (χ1) is 8.02. The maximum atomic E-state index is 12.0. The van der Waals surface area contributed by atoms with Crippen molar-refractivity contribution in [3.05, 3.63) is 18.2 Å². The van der Waals surface area contributed by atoms with Crippen molar-refractivity contribution in [2.24, 2.45) is 5.73 Å². The third-order valence-corrected chi connectivity index (χ3v) is 1.90. The van der Waals surface area contributed by atoms with Gasteiger partial charge in [-0.2, -0.15) is 0 Å². The number of methoxy groups -OCH3 is 1. The van der Waals surface area contributed by atoms with Gasteiger partial charge in [0.1, 0.15) is 6.61 Å². The van der Waals surface area contributed by atoms with E-state index in [1.807, 2.05) is 0 Å². The molecule has 0 radical (unpaired) electrons. The molecule has 0 bridgehead atoms. The molecular formula is C10H12F2N2O2S. The molecule has 0 heterocycles. The van der Waals surface area contributed by atoms with Crippen LogP contribution in [0, 0.1) is 0 Å². The number of alkyl halides is 2. The number of hydrogen-bond donors (Lipinski definition) is 2. The Labute approximate surface area is 103 Å². The quantitative estimate of drug-likeness (QED) is 0.795. The summed E-state index contributed by atoms with van der Waals surface area (Å²) in [5, 5.41) is 2.75. The highest BCUT2D eigenvalue weighted by molar-refractivity contribution is 7.80. The first-order valence-corrected chi connectivity index (χ1v) is 5.09. The van der Waals surface area contributed by atoms with Crippen LogP contribution in [0.3, 0.4) is 0 Å². The van der Waals surface area contributed by atoms with E-state index in [1.54, 1.807) is 12.1 Å². The first-order valence-electron chi connectivity index (χ1n) is 4.68. The molecule has 0 aliphatic rings. The maximum absolute atomic E-state index is 12.0. The van der Waals surface area contributed by atoms with Gasteiger partial charge in [0.25, 0.3) is 6.43 Å². The molecule has 0 aliphatic heterocycles. The molecule has 17 heavy (non-hydrogen) atoms. The third kappa shape index (κ3) is 4.39. The normalized spacial score (nSPS) is 10.1. The van der Waals surface area contributed by atoms with Crippen LogP contribution in [-0.2, 0) is 0 Å². The Morgan fingerprint density at radius 3 is 2.71 bits per heavy atom. The van der Waals surface area contributed by atoms with Gasteiger partial charge in [0, 0.05) is 11.8 Å². The van der Waals surface area contributed by atoms with E-state index in [-0.39, 0.29) is 10.9 Å². The predicted molar refractivity (Wildman–Crippen MR) is 64.9 cm³/mol. The number of hydrogen-bond acceptors (Lipinski definition) is 3. The molecule has 0 saturated carbocycles. The minimum atomic E-state index is -2.55. The van der Waals surface area contributed by atoms with Gasteiger partial charge >= 0.3 is 0 Å². The van der Waals surface area contributed by atoms with Gasteiger partial charge in [0.15, 0.2) is 16.6 Å². The van der Waals surface area contributed by atoms with Crippen molar-refractivity contribution < 1.29 is 18.3 Å². The van der Waals surface area contributed by atoms with E-state index in [2.05, 4.69) is 17.5 Å². The van der Waals surface area contributed by atoms with Crippen molar-refractivity contribution in [3.63, 3.8) is 0 Å². The summed E-state index contributed by atoms with van der Waals surface area (Å²) in [7, 11) is 1.42. The van der Waals surface area contributed by atoms with Gasteiger partial charge in [0.2, 0.25) is 0 Å². The van der Waals surface area contributed by atoms with Crippen LogP contribution in [0.25, 0.3) is 0 Å². The molecule has 0 saturated heterocycles. The van der Waals surface area contributed by atoms with E-state index in [9.17, 15) is 8.78 Å². The lowest BCUT2D eigenvalue weighted by Gasteiger charge is -2.12. The van der Waals surface area contributed by atoms with E-state index < -0.39 is 13.0 Å². The molecule has 0 aromatic heterocycles. The van der Waals surface area contributed by atoms with Gasteiger partial charge in [-0.1, -0.05) is 0 Å². The Morgan fingerprint density at radius 2 is 2.18 bits per heavy atom.